The molecule has 28 heavy (non-hydrogen) atoms. The third-order valence-electron chi connectivity index (χ3n) is 6.26. The van der Waals surface area contributed by atoms with Gasteiger partial charge in [0.05, 0.1) is 17.9 Å². The monoisotopic (exact) mass is 407 g/mol. The fraction of sp³-hybridized carbons (Fsp3) is 0.650. The number of carbonyl (C=O) groups excluding carboxylic acids is 1. The molecule has 2 bridgehead atoms. The second kappa shape index (κ2) is 7.39. The van der Waals surface area contributed by atoms with E-state index in [4.69, 9.17) is 4.74 Å². The maximum Gasteiger partial charge on any atom is 0.414 e. The zero-order valence-corrected chi connectivity index (χ0v) is 16.5. The highest BCUT2D eigenvalue weighted by Crippen LogP contribution is 2.40. The van der Waals surface area contributed by atoms with Crippen molar-refractivity contribution in [1.29, 1.82) is 0 Å². The van der Waals surface area contributed by atoms with Crippen LogP contribution in [0.4, 0.5) is 20.6 Å². The molecule has 1 aromatic carbocycles. The number of amides is 1. The van der Waals surface area contributed by atoms with Crippen molar-refractivity contribution in [2.45, 2.75) is 50.1 Å². The topological polar surface area (TPSA) is 65.0 Å². The molecule has 8 heteroatoms. The number of carbonyl (C=O) groups is 1. The molecule has 1 amide bonds. The van der Waals surface area contributed by atoms with Crippen LogP contribution in [-0.2, 0) is 4.74 Å². The van der Waals surface area contributed by atoms with E-state index in [2.05, 4.69) is 10.2 Å². The molecule has 3 unspecified atom stereocenters. The first-order valence-electron chi connectivity index (χ1n) is 10.2. The summed E-state index contributed by atoms with van der Waals surface area (Å²) in [7, 11) is 0. The van der Waals surface area contributed by atoms with Crippen molar-refractivity contribution in [3.05, 3.63) is 24.0 Å². The number of hydrogen-bond donors (Lipinski definition) is 2. The van der Waals surface area contributed by atoms with Gasteiger partial charge in [-0.05, 0) is 49.8 Å². The third-order valence-corrected chi connectivity index (χ3v) is 7.50. The fourth-order valence-electron chi connectivity index (χ4n) is 4.56. The first-order chi connectivity index (χ1) is 13.6. The molecular formula is C20H26FN3O3S. The smallest absolute Gasteiger partial charge is 0.414 e. The summed E-state index contributed by atoms with van der Waals surface area (Å²) in [5.74, 6) is 2.15. The van der Waals surface area contributed by atoms with E-state index in [9.17, 15) is 14.3 Å². The summed E-state index contributed by atoms with van der Waals surface area (Å²) >= 11 is 1.96. The van der Waals surface area contributed by atoms with Crippen LogP contribution in [0.5, 0.6) is 0 Å². The lowest BCUT2D eigenvalue weighted by Crippen LogP contribution is -2.43. The van der Waals surface area contributed by atoms with E-state index in [0.29, 0.717) is 42.5 Å². The number of aliphatic hydroxyl groups is 1. The summed E-state index contributed by atoms with van der Waals surface area (Å²) in [5.41, 5.74) is 1.17. The summed E-state index contributed by atoms with van der Waals surface area (Å²) in [4.78, 5) is 16.0. The van der Waals surface area contributed by atoms with Crippen LogP contribution in [0.1, 0.15) is 25.7 Å². The second-order valence-corrected chi connectivity index (χ2v) is 9.35. The van der Waals surface area contributed by atoms with Gasteiger partial charge in [0.25, 0.3) is 0 Å². The van der Waals surface area contributed by atoms with E-state index >= 15 is 0 Å². The largest absolute Gasteiger partial charge is 0.443 e. The third kappa shape index (κ3) is 3.46. The summed E-state index contributed by atoms with van der Waals surface area (Å²) < 4.78 is 20.4. The van der Waals surface area contributed by atoms with Crippen LogP contribution in [0, 0.1) is 11.7 Å². The molecule has 4 aliphatic rings. The molecule has 0 radical (unpaired) electrons. The average molecular weight is 408 g/mol. The molecule has 6 nitrogen and oxygen atoms in total. The number of nitrogens with one attached hydrogen (secondary N) is 1. The van der Waals surface area contributed by atoms with Gasteiger partial charge >= 0.3 is 6.09 Å². The minimum absolute atomic E-state index is 0.278. The van der Waals surface area contributed by atoms with Crippen LogP contribution in [0.25, 0.3) is 0 Å². The SMILES string of the molecule is O=C1O[C@@H](CNC(O)C2CC2)CN1c1ccc(N2C3CCC2CSC3)c(F)c1. The van der Waals surface area contributed by atoms with Gasteiger partial charge in [-0.3, -0.25) is 10.2 Å². The summed E-state index contributed by atoms with van der Waals surface area (Å²) in [6.45, 7) is 0.753. The fourth-order valence-corrected chi connectivity index (χ4v) is 5.90. The van der Waals surface area contributed by atoms with Crippen LogP contribution in [-0.4, -0.2) is 60.2 Å². The minimum Gasteiger partial charge on any atom is -0.443 e. The van der Waals surface area contributed by atoms with E-state index < -0.39 is 12.3 Å². The number of rotatable bonds is 6. The van der Waals surface area contributed by atoms with E-state index in [1.807, 2.05) is 23.9 Å². The van der Waals surface area contributed by atoms with Crippen molar-refractivity contribution in [3.63, 3.8) is 0 Å². The molecule has 0 spiro atoms. The Morgan fingerprint density at radius 1 is 1.25 bits per heavy atom. The Labute approximate surface area is 168 Å². The van der Waals surface area contributed by atoms with Crippen molar-refractivity contribution >= 4 is 29.2 Å². The maximum absolute atomic E-state index is 15.0. The molecule has 1 aromatic rings. The highest BCUT2D eigenvalue weighted by molar-refractivity contribution is 7.99. The number of aliphatic hydroxyl groups excluding tert-OH is 1. The zero-order valence-electron chi connectivity index (χ0n) is 15.7. The highest BCUT2D eigenvalue weighted by atomic mass is 32.2. The lowest BCUT2D eigenvalue weighted by molar-refractivity contribution is 0.0879. The Morgan fingerprint density at radius 2 is 2.00 bits per heavy atom. The number of cyclic esters (lactones) is 1. The molecule has 0 aromatic heterocycles. The van der Waals surface area contributed by atoms with E-state index in [1.165, 1.54) is 11.0 Å². The molecular weight excluding hydrogens is 381 g/mol. The lowest BCUT2D eigenvalue weighted by Gasteiger charge is -2.36. The summed E-state index contributed by atoms with van der Waals surface area (Å²) in [6, 6.07) is 5.90. The van der Waals surface area contributed by atoms with Crippen LogP contribution in [0.2, 0.25) is 0 Å². The van der Waals surface area contributed by atoms with Gasteiger partial charge in [-0.25, -0.2) is 9.18 Å². The van der Waals surface area contributed by atoms with Gasteiger partial charge in [0.1, 0.15) is 18.1 Å². The second-order valence-electron chi connectivity index (χ2n) is 8.27. The number of hydrogen-bond acceptors (Lipinski definition) is 6. The van der Waals surface area contributed by atoms with Crippen LogP contribution in [0.15, 0.2) is 18.2 Å². The normalized spacial score (nSPS) is 30.6. The van der Waals surface area contributed by atoms with Crippen molar-refractivity contribution in [2.24, 2.45) is 5.92 Å². The molecule has 152 valence electrons. The van der Waals surface area contributed by atoms with Gasteiger partial charge in [0, 0.05) is 30.1 Å². The molecule has 4 atom stereocenters. The number of thioether (sulfide) groups is 1. The number of nitrogens with zero attached hydrogens (tertiary/aromatic N) is 2. The Hall–Kier alpha value is -1.51. The minimum atomic E-state index is -0.539. The summed E-state index contributed by atoms with van der Waals surface area (Å²) in [6.07, 6.45) is 2.97. The quantitative estimate of drug-likeness (QED) is 0.707. The predicted molar refractivity (Wildman–Crippen MR) is 107 cm³/mol. The standard InChI is InChI=1S/C20H26FN3O3S/c21-17-7-13(5-6-18(17)24-14-3-4-15(24)11-28-10-14)23-9-16(27-20(23)26)8-22-19(25)12-1-2-12/h5-7,12,14-16,19,22,25H,1-4,8-11H2/t14?,15?,16-,19?/m0/s1. The van der Waals surface area contributed by atoms with Crippen molar-refractivity contribution < 1.29 is 19.0 Å². The van der Waals surface area contributed by atoms with Gasteiger partial charge in [-0.15, -0.1) is 0 Å². The van der Waals surface area contributed by atoms with E-state index in [1.54, 1.807) is 0 Å². The van der Waals surface area contributed by atoms with Gasteiger partial charge < -0.3 is 14.7 Å². The molecule has 3 saturated heterocycles. The van der Waals surface area contributed by atoms with Crippen molar-refractivity contribution in [1.82, 2.24) is 5.32 Å². The van der Waals surface area contributed by atoms with E-state index in [-0.39, 0.29) is 11.9 Å². The van der Waals surface area contributed by atoms with Crippen molar-refractivity contribution in [2.75, 3.05) is 34.4 Å². The number of benzene rings is 1. The molecule has 1 saturated carbocycles. The maximum atomic E-state index is 15.0. The Kier molecular flexibility index (Phi) is 4.88. The van der Waals surface area contributed by atoms with Crippen molar-refractivity contribution in [3.8, 4) is 0 Å². The average Bonchev–Trinajstić information content (AvgIpc) is 3.43. The molecule has 1 aliphatic carbocycles. The Balaban J connectivity index is 1.26. The molecule has 3 heterocycles. The highest BCUT2D eigenvalue weighted by Gasteiger charge is 2.39. The molecule has 3 aliphatic heterocycles. The van der Waals surface area contributed by atoms with Gasteiger partial charge in [-0.2, -0.15) is 11.8 Å². The van der Waals surface area contributed by atoms with Crippen LogP contribution in [0.3, 0.4) is 0 Å². The summed E-state index contributed by atoms with van der Waals surface area (Å²) in [5, 5.41) is 12.9. The first kappa shape index (κ1) is 18.5. The van der Waals surface area contributed by atoms with Crippen LogP contribution >= 0.6 is 11.8 Å². The molecule has 4 fully saturated rings. The molecule has 2 N–H and O–H groups in total. The van der Waals surface area contributed by atoms with Gasteiger partial charge in [-0.1, -0.05) is 0 Å². The molecule has 5 rings (SSSR count). The van der Waals surface area contributed by atoms with E-state index in [0.717, 1.165) is 37.2 Å². The number of halogens is 1. The zero-order chi connectivity index (χ0) is 19.3. The predicted octanol–water partition coefficient (Wildman–Crippen LogP) is 2.55. The number of fused-ring (bicyclic) bond motifs is 2. The first-order valence-corrected chi connectivity index (χ1v) is 11.3. The van der Waals surface area contributed by atoms with Gasteiger partial charge in [0.15, 0.2) is 0 Å². The van der Waals surface area contributed by atoms with Gasteiger partial charge in [0.2, 0.25) is 0 Å². The lowest BCUT2D eigenvalue weighted by atomic mass is 10.2. The number of ether oxygens (including phenoxy) is 1. The Morgan fingerprint density at radius 3 is 2.68 bits per heavy atom. The van der Waals surface area contributed by atoms with Crippen LogP contribution < -0.4 is 15.1 Å². The Bertz CT molecular complexity index is 746. The number of anilines is 2.